The number of carbonyl (C=O) groups is 2. The lowest BCUT2D eigenvalue weighted by atomic mass is 10.1. The van der Waals surface area contributed by atoms with Gasteiger partial charge in [-0.3, -0.25) is 14.5 Å². The minimum atomic E-state index is -0.326. The molecule has 2 aliphatic rings. The Morgan fingerprint density at radius 1 is 1.17 bits per heavy atom. The number of amides is 2. The monoisotopic (exact) mass is 317 g/mol. The SMILES string of the molecule is CCN1CCN([C@H]2CC(=O)N(c3cccc(OC)c3)C2=O)CC1. The van der Waals surface area contributed by atoms with Crippen LogP contribution in [0.2, 0.25) is 0 Å². The largest absolute Gasteiger partial charge is 0.497 e. The zero-order valence-corrected chi connectivity index (χ0v) is 13.7. The molecule has 3 rings (SSSR count). The van der Waals surface area contributed by atoms with Crippen LogP contribution in [-0.4, -0.2) is 67.5 Å². The summed E-state index contributed by atoms with van der Waals surface area (Å²) < 4.78 is 5.19. The molecule has 0 radical (unpaired) electrons. The van der Waals surface area contributed by atoms with Crippen molar-refractivity contribution in [1.29, 1.82) is 0 Å². The molecule has 0 spiro atoms. The van der Waals surface area contributed by atoms with Crippen molar-refractivity contribution in [3.8, 4) is 5.75 Å². The molecule has 1 aromatic carbocycles. The van der Waals surface area contributed by atoms with Crippen LogP contribution in [-0.2, 0) is 9.59 Å². The lowest BCUT2D eigenvalue weighted by molar-refractivity contribution is -0.123. The Morgan fingerprint density at radius 2 is 1.91 bits per heavy atom. The first-order valence-electron chi connectivity index (χ1n) is 8.11. The van der Waals surface area contributed by atoms with E-state index < -0.39 is 0 Å². The highest BCUT2D eigenvalue weighted by Crippen LogP contribution is 2.28. The van der Waals surface area contributed by atoms with Crippen LogP contribution in [0.3, 0.4) is 0 Å². The fourth-order valence-corrected chi connectivity index (χ4v) is 3.31. The minimum absolute atomic E-state index is 0.117. The number of piperazine rings is 1. The van der Waals surface area contributed by atoms with Crippen LogP contribution in [0.25, 0.3) is 0 Å². The van der Waals surface area contributed by atoms with E-state index in [0.29, 0.717) is 11.4 Å². The summed E-state index contributed by atoms with van der Waals surface area (Å²) in [5.74, 6) is 0.391. The third-order valence-corrected chi connectivity index (χ3v) is 4.73. The average Bonchev–Trinajstić information content (AvgIpc) is 2.89. The van der Waals surface area contributed by atoms with E-state index in [0.717, 1.165) is 32.7 Å². The number of hydrogen-bond acceptors (Lipinski definition) is 5. The molecule has 23 heavy (non-hydrogen) atoms. The molecule has 6 nitrogen and oxygen atoms in total. The number of carbonyl (C=O) groups excluding carboxylic acids is 2. The third kappa shape index (κ3) is 3.09. The summed E-state index contributed by atoms with van der Waals surface area (Å²) in [7, 11) is 1.57. The van der Waals surface area contributed by atoms with Gasteiger partial charge in [-0.1, -0.05) is 13.0 Å². The van der Waals surface area contributed by atoms with Crippen molar-refractivity contribution in [3.05, 3.63) is 24.3 Å². The summed E-state index contributed by atoms with van der Waals surface area (Å²) in [6.07, 6.45) is 0.266. The van der Waals surface area contributed by atoms with Crippen molar-refractivity contribution in [2.75, 3.05) is 44.7 Å². The molecule has 0 bridgehead atoms. The Morgan fingerprint density at radius 3 is 2.57 bits per heavy atom. The van der Waals surface area contributed by atoms with Gasteiger partial charge in [0.2, 0.25) is 5.91 Å². The van der Waals surface area contributed by atoms with Gasteiger partial charge in [-0.05, 0) is 18.7 Å². The standard InChI is InChI=1S/C17H23N3O3/c1-3-18-7-9-19(10-8-18)15-12-16(21)20(17(15)22)13-5-4-6-14(11-13)23-2/h4-6,11,15H,3,7-10,12H2,1-2H3/t15-/m0/s1. The van der Waals surface area contributed by atoms with Gasteiger partial charge >= 0.3 is 0 Å². The lowest BCUT2D eigenvalue weighted by Crippen LogP contribution is -2.52. The van der Waals surface area contributed by atoms with Gasteiger partial charge in [-0.2, -0.15) is 0 Å². The summed E-state index contributed by atoms with van der Waals surface area (Å²) in [5, 5.41) is 0. The Bertz CT molecular complexity index is 597. The maximum absolute atomic E-state index is 12.8. The molecule has 2 saturated heterocycles. The number of anilines is 1. The smallest absolute Gasteiger partial charge is 0.251 e. The number of imide groups is 1. The number of likely N-dealkylation sites (N-methyl/N-ethyl adjacent to an activating group) is 1. The molecule has 6 heteroatoms. The Hall–Kier alpha value is -1.92. The Balaban J connectivity index is 1.75. The first-order chi connectivity index (χ1) is 11.1. The zero-order valence-electron chi connectivity index (χ0n) is 13.7. The second-order valence-electron chi connectivity index (χ2n) is 5.96. The second kappa shape index (κ2) is 6.68. The van der Waals surface area contributed by atoms with Gasteiger partial charge in [0, 0.05) is 32.2 Å². The number of benzene rings is 1. The molecule has 0 aromatic heterocycles. The quantitative estimate of drug-likeness (QED) is 0.775. The lowest BCUT2D eigenvalue weighted by Gasteiger charge is -2.36. The summed E-state index contributed by atoms with van der Waals surface area (Å²) >= 11 is 0. The zero-order chi connectivity index (χ0) is 16.4. The van der Waals surface area contributed by atoms with Crippen LogP contribution in [0.15, 0.2) is 24.3 Å². The molecule has 124 valence electrons. The van der Waals surface area contributed by atoms with Crippen LogP contribution in [0.1, 0.15) is 13.3 Å². The molecule has 2 heterocycles. The van der Waals surface area contributed by atoms with Gasteiger partial charge in [-0.15, -0.1) is 0 Å². The molecule has 2 aliphatic heterocycles. The Labute approximate surface area is 136 Å². The molecule has 2 fully saturated rings. The van der Waals surface area contributed by atoms with Crippen molar-refractivity contribution >= 4 is 17.5 Å². The minimum Gasteiger partial charge on any atom is -0.497 e. The maximum atomic E-state index is 12.8. The first kappa shape index (κ1) is 16.0. The molecule has 0 aliphatic carbocycles. The summed E-state index contributed by atoms with van der Waals surface area (Å²) in [5.41, 5.74) is 0.592. The van der Waals surface area contributed by atoms with Crippen LogP contribution in [0.4, 0.5) is 5.69 Å². The van der Waals surface area contributed by atoms with Gasteiger partial charge in [0.1, 0.15) is 5.75 Å². The van der Waals surface area contributed by atoms with E-state index >= 15 is 0 Å². The highest BCUT2D eigenvalue weighted by Gasteiger charge is 2.43. The number of ether oxygens (including phenoxy) is 1. The normalized spacial score (nSPS) is 23.6. The van der Waals surface area contributed by atoms with Crippen LogP contribution < -0.4 is 9.64 Å². The predicted octanol–water partition coefficient (Wildman–Crippen LogP) is 0.965. The number of nitrogens with zero attached hydrogens (tertiary/aromatic N) is 3. The Kier molecular flexibility index (Phi) is 4.63. The summed E-state index contributed by atoms with van der Waals surface area (Å²) in [6, 6.07) is 6.77. The van der Waals surface area contributed by atoms with Crippen molar-refractivity contribution in [2.24, 2.45) is 0 Å². The van der Waals surface area contributed by atoms with Gasteiger partial charge < -0.3 is 9.64 Å². The van der Waals surface area contributed by atoms with E-state index in [-0.39, 0.29) is 24.3 Å². The van der Waals surface area contributed by atoms with Crippen molar-refractivity contribution in [2.45, 2.75) is 19.4 Å². The van der Waals surface area contributed by atoms with Crippen molar-refractivity contribution in [1.82, 2.24) is 9.80 Å². The van der Waals surface area contributed by atoms with Crippen molar-refractivity contribution < 1.29 is 14.3 Å². The molecule has 1 atom stereocenters. The van der Waals surface area contributed by atoms with E-state index in [4.69, 9.17) is 4.74 Å². The molecular weight excluding hydrogens is 294 g/mol. The maximum Gasteiger partial charge on any atom is 0.251 e. The van der Waals surface area contributed by atoms with Crippen molar-refractivity contribution in [3.63, 3.8) is 0 Å². The van der Waals surface area contributed by atoms with E-state index in [2.05, 4.69) is 16.7 Å². The third-order valence-electron chi connectivity index (χ3n) is 4.73. The summed E-state index contributed by atoms with van der Waals surface area (Å²) in [4.78, 5) is 31.0. The van der Waals surface area contributed by atoms with E-state index in [1.807, 2.05) is 0 Å². The fourth-order valence-electron chi connectivity index (χ4n) is 3.31. The first-order valence-corrected chi connectivity index (χ1v) is 8.11. The summed E-state index contributed by atoms with van der Waals surface area (Å²) in [6.45, 7) is 6.75. The molecular formula is C17H23N3O3. The van der Waals surface area contributed by atoms with E-state index in [1.54, 1.807) is 31.4 Å². The van der Waals surface area contributed by atoms with Crippen LogP contribution in [0, 0.1) is 0 Å². The molecule has 0 saturated carbocycles. The van der Waals surface area contributed by atoms with Gasteiger partial charge in [0.15, 0.2) is 0 Å². The van der Waals surface area contributed by atoms with Crippen LogP contribution >= 0.6 is 0 Å². The number of rotatable bonds is 4. The predicted molar refractivity (Wildman–Crippen MR) is 87.6 cm³/mol. The van der Waals surface area contributed by atoms with Gasteiger partial charge in [0.25, 0.3) is 5.91 Å². The number of methoxy groups -OCH3 is 1. The highest BCUT2D eigenvalue weighted by atomic mass is 16.5. The fraction of sp³-hybridized carbons (Fsp3) is 0.529. The molecule has 0 N–H and O–H groups in total. The molecule has 1 aromatic rings. The highest BCUT2D eigenvalue weighted by molar-refractivity contribution is 6.22. The molecule has 0 unspecified atom stereocenters. The van der Waals surface area contributed by atoms with Gasteiger partial charge in [0.05, 0.1) is 25.3 Å². The molecule has 2 amide bonds. The van der Waals surface area contributed by atoms with Crippen LogP contribution in [0.5, 0.6) is 5.75 Å². The topological polar surface area (TPSA) is 53.1 Å². The van der Waals surface area contributed by atoms with E-state index in [1.165, 1.54) is 4.90 Å². The average molecular weight is 317 g/mol. The number of hydrogen-bond donors (Lipinski definition) is 0. The van der Waals surface area contributed by atoms with E-state index in [9.17, 15) is 9.59 Å². The second-order valence-corrected chi connectivity index (χ2v) is 5.96. The van der Waals surface area contributed by atoms with Gasteiger partial charge in [-0.25, -0.2) is 4.90 Å².